The summed E-state index contributed by atoms with van der Waals surface area (Å²) >= 11 is 0. The Morgan fingerprint density at radius 3 is 0.980 bits per heavy atom. The highest BCUT2D eigenvalue weighted by atomic mass is 16.6. The lowest BCUT2D eigenvalue weighted by Gasteiger charge is -2.18. The number of carbonyl (C=O) groups is 3. The fourth-order valence-corrected chi connectivity index (χ4v) is 6.40. The first-order valence-electron chi connectivity index (χ1n) is 21.7. The Morgan fingerprint density at radius 1 is 0.380 bits per heavy atom. The first kappa shape index (κ1) is 48.4. The molecule has 0 heterocycles. The number of esters is 3. The van der Waals surface area contributed by atoms with E-state index in [1.807, 2.05) is 0 Å². The number of hydrogen-bond donors (Lipinski definition) is 0. The summed E-state index contributed by atoms with van der Waals surface area (Å²) in [5, 5.41) is 0. The zero-order chi connectivity index (χ0) is 36.9. The van der Waals surface area contributed by atoms with Crippen LogP contribution in [0.3, 0.4) is 0 Å². The van der Waals surface area contributed by atoms with E-state index in [0.29, 0.717) is 19.3 Å². The second kappa shape index (κ2) is 37.2. The highest BCUT2D eigenvalue weighted by molar-refractivity contribution is 5.71. The van der Waals surface area contributed by atoms with Gasteiger partial charge < -0.3 is 14.2 Å². The lowest BCUT2D eigenvalue weighted by molar-refractivity contribution is -0.167. The Kier molecular flexibility index (Phi) is 36.0. The highest BCUT2D eigenvalue weighted by Crippen LogP contribution is 2.16. The molecule has 0 amide bonds. The Hall–Kier alpha value is -1.59. The van der Waals surface area contributed by atoms with Crippen molar-refractivity contribution in [2.24, 2.45) is 11.8 Å². The molecular formula is C44H84O6. The van der Waals surface area contributed by atoms with Crippen LogP contribution in [0.5, 0.6) is 0 Å². The molecular weight excluding hydrogens is 624 g/mol. The predicted molar refractivity (Wildman–Crippen MR) is 210 cm³/mol. The maximum Gasteiger partial charge on any atom is 0.306 e. The number of hydrogen-bond acceptors (Lipinski definition) is 6. The molecule has 0 bridgehead atoms. The second-order valence-electron chi connectivity index (χ2n) is 15.9. The van der Waals surface area contributed by atoms with Crippen molar-refractivity contribution < 1.29 is 28.6 Å². The fourth-order valence-electron chi connectivity index (χ4n) is 6.40. The summed E-state index contributed by atoms with van der Waals surface area (Å²) in [7, 11) is 0. The predicted octanol–water partition coefficient (Wildman–Crippen LogP) is 13.4. The summed E-state index contributed by atoms with van der Waals surface area (Å²) in [4.78, 5) is 37.5. The summed E-state index contributed by atoms with van der Waals surface area (Å²) in [6, 6.07) is 0. The molecule has 0 aliphatic rings. The molecule has 0 spiro atoms. The van der Waals surface area contributed by atoms with Gasteiger partial charge in [0.05, 0.1) is 0 Å². The highest BCUT2D eigenvalue weighted by Gasteiger charge is 2.19. The van der Waals surface area contributed by atoms with E-state index in [2.05, 4.69) is 34.6 Å². The molecule has 296 valence electrons. The molecule has 6 nitrogen and oxygen atoms in total. The summed E-state index contributed by atoms with van der Waals surface area (Å²) in [5.41, 5.74) is 0. The quantitative estimate of drug-likeness (QED) is 0.0361. The van der Waals surface area contributed by atoms with Crippen LogP contribution in [0.2, 0.25) is 0 Å². The van der Waals surface area contributed by atoms with E-state index in [9.17, 15) is 14.4 Å². The van der Waals surface area contributed by atoms with Crippen molar-refractivity contribution in [2.75, 3.05) is 13.2 Å². The van der Waals surface area contributed by atoms with Crippen LogP contribution in [0.4, 0.5) is 0 Å². The molecule has 50 heavy (non-hydrogen) atoms. The van der Waals surface area contributed by atoms with E-state index < -0.39 is 6.10 Å². The van der Waals surface area contributed by atoms with Crippen molar-refractivity contribution in [2.45, 2.75) is 240 Å². The van der Waals surface area contributed by atoms with Crippen molar-refractivity contribution in [3.8, 4) is 0 Å². The maximum atomic E-state index is 12.7. The molecule has 0 aromatic rings. The van der Waals surface area contributed by atoms with E-state index in [1.54, 1.807) is 0 Å². The molecule has 0 radical (unpaired) electrons. The van der Waals surface area contributed by atoms with Crippen LogP contribution in [0, 0.1) is 11.8 Å². The van der Waals surface area contributed by atoms with Gasteiger partial charge in [0.25, 0.3) is 0 Å². The lowest BCUT2D eigenvalue weighted by atomic mass is 10.0. The van der Waals surface area contributed by atoms with Gasteiger partial charge in [0.15, 0.2) is 6.10 Å². The molecule has 0 aromatic carbocycles. The van der Waals surface area contributed by atoms with E-state index in [-0.39, 0.29) is 31.1 Å². The van der Waals surface area contributed by atoms with Crippen LogP contribution in [0.15, 0.2) is 0 Å². The van der Waals surface area contributed by atoms with E-state index in [0.717, 1.165) is 69.6 Å². The summed E-state index contributed by atoms with van der Waals surface area (Å²) in [6.07, 6.45) is 33.9. The Balaban J connectivity index is 4.29. The van der Waals surface area contributed by atoms with Gasteiger partial charge in [-0.2, -0.15) is 0 Å². The Bertz CT molecular complexity index is 764. The largest absolute Gasteiger partial charge is 0.462 e. The van der Waals surface area contributed by atoms with Gasteiger partial charge in [0.1, 0.15) is 13.2 Å². The third-order valence-electron chi connectivity index (χ3n) is 9.72. The van der Waals surface area contributed by atoms with Gasteiger partial charge in [0.2, 0.25) is 0 Å². The smallest absolute Gasteiger partial charge is 0.306 e. The van der Waals surface area contributed by atoms with Gasteiger partial charge in [-0.15, -0.1) is 0 Å². The average Bonchev–Trinajstić information content (AvgIpc) is 3.08. The maximum absolute atomic E-state index is 12.7. The molecule has 0 saturated carbocycles. The number of ether oxygens (including phenoxy) is 3. The van der Waals surface area contributed by atoms with Crippen LogP contribution in [-0.4, -0.2) is 37.2 Å². The summed E-state index contributed by atoms with van der Waals surface area (Å²) in [6.45, 7) is 11.3. The Morgan fingerprint density at radius 2 is 0.660 bits per heavy atom. The van der Waals surface area contributed by atoms with Gasteiger partial charge in [-0.25, -0.2) is 0 Å². The second-order valence-corrected chi connectivity index (χ2v) is 15.9. The first-order valence-corrected chi connectivity index (χ1v) is 21.7. The van der Waals surface area contributed by atoms with E-state index in [4.69, 9.17) is 14.2 Å². The normalized spacial score (nSPS) is 12.1. The third kappa shape index (κ3) is 37.7. The van der Waals surface area contributed by atoms with Crippen molar-refractivity contribution in [1.29, 1.82) is 0 Å². The zero-order valence-corrected chi connectivity index (χ0v) is 34.0. The topological polar surface area (TPSA) is 78.9 Å². The molecule has 0 saturated heterocycles. The monoisotopic (exact) mass is 709 g/mol. The van der Waals surface area contributed by atoms with Gasteiger partial charge in [-0.3, -0.25) is 14.4 Å². The van der Waals surface area contributed by atoms with Crippen molar-refractivity contribution >= 4 is 17.9 Å². The molecule has 0 fully saturated rings. The summed E-state index contributed by atoms with van der Waals surface area (Å²) < 4.78 is 16.6. The van der Waals surface area contributed by atoms with Gasteiger partial charge in [-0.1, -0.05) is 195 Å². The molecule has 1 atom stereocenters. The van der Waals surface area contributed by atoms with Gasteiger partial charge in [-0.05, 0) is 31.1 Å². The molecule has 0 aromatic heterocycles. The van der Waals surface area contributed by atoms with Crippen LogP contribution >= 0.6 is 0 Å². The number of rotatable bonds is 38. The van der Waals surface area contributed by atoms with Gasteiger partial charge in [0, 0.05) is 19.3 Å². The van der Waals surface area contributed by atoms with Crippen LogP contribution in [0.1, 0.15) is 234 Å². The Labute approximate surface area is 310 Å². The van der Waals surface area contributed by atoms with E-state index in [1.165, 1.54) is 122 Å². The summed E-state index contributed by atoms with van der Waals surface area (Å²) in [5.74, 6) is 0.753. The van der Waals surface area contributed by atoms with Crippen LogP contribution in [0.25, 0.3) is 0 Å². The van der Waals surface area contributed by atoms with E-state index >= 15 is 0 Å². The van der Waals surface area contributed by atoms with Crippen molar-refractivity contribution in [3.05, 3.63) is 0 Å². The van der Waals surface area contributed by atoms with Gasteiger partial charge >= 0.3 is 17.9 Å². The molecule has 0 aliphatic heterocycles. The minimum atomic E-state index is -0.759. The molecule has 6 heteroatoms. The van der Waals surface area contributed by atoms with Crippen LogP contribution in [-0.2, 0) is 28.6 Å². The molecule has 0 rings (SSSR count). The fraction of sp³-hybridized carbons (Fsp3) is 0.932. The third-order valence-corrected chi connectivity index (χ3v) is 9.72. The molecule has 0 N–H and O–H groups in total. The van der Waals surface area contributed by atoms with Crippen molar-refractivity contribution in [3.63, 3.8) is 0 Å². The zero-order valence-electron chi connectivity index (χ0n) is 34.0. The van der Waals surface area contributed by atoms with Crippen LogP contribution < -0.4 is 0 Å². The lowest BCUT2D eigenvalue weighted by Crippen LogP contribution is -2.30. The minimum absolute atomic E-state index is 0.0661. The molecule has 0 unspecified atom stereocenters. The minimum Gasteiger partial charge on any atom is -0.462 e. The standard InChI is InChI=1S/C44H84O6/c1-6-7-8-9-17-24-29-34-42(45)48-37-41(38-49-43(46)35-30-25-20-16-15-19-23-28-33-40(4)5)50-44(47)36-31-26-21-14-12-10-11-13-18-22-27-32-39(2)3/h39-41H,6-38H2,1-5H3/t41-/m1/s1. The SMILES string of the molecule is CCCCCCCCCC(=O)OC[C@H](COC(=O)CCCCCCCCCCC(C)C)OC(=O)CCCCCCCCCCCCCC(C)C. The number of carbonyl (C=O) groups excluding carboxylic acids is 3. The van der Waals surface area contributed by atoms with Crippen molar-refractivity contribution in [1.82, 2.24) is 0 Å². The average molecular weight is 709 g/mol. The first-order chi connectivity index (χ1) is 24.2. The molecule has 0 aliphatic carbocycles. The number of unbranched alkanes of at least 4 members (excludes halogenated alkanes) is 23.